The molecule has 4 aromatic heterocycles. The van der Waals surface area contributed by atoms with E-state index in [0.29, 0.717) is 22.3 Å². The van der Waals surface area contributed by atoms with E-state index in [1.165, 1.54) is 22.3 Å². The maximum absolute atomic E-state index is 11.3. The first kappa shape index (κ1) is 62.6. The fourth-order valence-electron chi connectivity index (χ4n) is 15.7. The molecule has 0 N–H and O–H groups in total. The summed E-state index contributed by atoms with van der Waals surface area (Å²) in [7, 11) is 0. The number of hydrogen-bond donors (Lipinski definition) is 0. The number of fused-ring (bicyclic) bond motifs is 12. The highest BCUT2D eigenvalue weighted by Gasteiger charge is 2.32. The van der Waals surface area contributed by atoms with Gasteiger partial charge in [0.2, 0.25) is 0 Å². The van der Waals surface area contributed by atoms with E-state index in [9.17, 15) is 21.0 Å². The van der Waals surface area contributed by atoms with Crippen LogP contribution in [0.15, 0.2) is 243 Å². The standard InChI is InChI=1S/C92H74N8/c1-89(2,3)63-35-39-81-75(47-63)69-27-13-17-31-79(69)97(81)85-45-61(55-95)73(59-23-19-21-57(43-59)53-93)51-87(85)98-80-32-18-14-28-70(80)76-48-65(36-40-82(76)98)91(7,8)41-42-92(9,10)66-34-38-72-68-26-11-15-29-77(68)99(84(72)50-66)86-46-62(56-96)74(60-24-20-22-58(44-60)54-94)52-88(86)100-78-30-16-12-25-67(78)71-37-33-64(49-83(71)100)90(4,5)6/h11-40,43-52H,41-42H2,1-10H3. The van der Waals surface area contributed by atoms with Gasteiger partial charge in [-0.1, -0.05) is 203 Å². The van der Waals surface area contributed by atoms with Crippen molar-refractivity contribution in [2.45, 2.75) is 104 Å². The Hall–Kier alpha value is -12.2. The lowest BCUT2D eigenvalue weighted by Gasteiger charge is -2.32. The molecule has 0 aliphatic heterocycles. The van der Waals surface area contributed by atoms with Crippen LogP contribution < -0.4 is 0 Å². The normalized spacial score (nSPS) is 12.3. The van der Waals surface area contributed by atoms with E-state index in [0.717, 1.165) is 145 Å². The van der Waals surface area contributed by atoms with Crippen molar-refractivity contribution in [3.63, 3.8) is 0 Å². The van der Waals surface area contributed by atoms with Crippen molar-refractivity contribution < 1.29 is 0 Å². The first-order valence-corrected chi connectivity index (χ1v) is 34.5. The highest BCUT2D eigenvalue weighted by atomic mass is 15.1. The van der Waals surface area contributed by atoms with Crippen LogP contribution in [0.4, 0.5) is 0 Å². The van der Waals surface area contributed by atoms with E-state index in [1.807, 2.05) is 42.5 Å². The summed E-state index contributed by atoms with van der Waals surface area (Å²) in [6.45, 7) is 23.0. The minimum absolute atomic E-state index is 0.0714. The highest BCUT2D eigenvalue weighted by molar-refractivity contribution is 6.14. The van der Waals surface area contributed by atoms with Gasteiger partial charge >= 0.3 is 0 Å². The van der Waals surface area contributed by atoms with Gasteiger partial charge in [-0.3, -0.25) is 0 Å². The van der Waals surface area contributed by atoms with E-state index < -0.39 is 0 Å². The predicted octanol–water partition coefficient (Wildman–Crippen LogP) is 23.5. The van der Waals surface area contributed by atoms with E-state index in [2.05, 4.69) is 306 Å². The van der Waals surface area contributed by atoms with Crippen LogP contribution >= 0.6 is 0 Å². The Morgan fingerprint density at radius 1 is 0.260 bits per heavy atom. The van der Waals surface area contributed by atoms with Crippen LogP contribution in [0.5, 0.6) is 0 Å². The first-order valence-electron chi connectivity index (χ1n) is 34.5. The molecule has 16 rings (SSSR count). The molecule has 16 aromatic rings. The number of rotatable bonds is 11. The van der Waals surface area contributed by atoms with Gasteiger partial charge in [0, 0.05) is 54.2 Å². The summed E-state index contributed by atoms with van der Waals surface area (Å²) in [6.07, 6.45) is 1.76. The monoisotopic (exact) mass is 1290 g/mol. The molecule has 0 aliphatic carbocycles. The van der Waals surface area contributed by atoms with E-state index >= 15 is 0 Å². The summed E-state index contributed by atoms with van der Waals surface area (Å²) < 4.78 is 9.51. The second-order valence-corrected chi connectivity index (χ2v) is 30.5. The number of para-hydroxylation sites is 4. The molecule has 0 saturated carbocycles. The number of nitrogens with zero attached hydrogens (tertiary/aromatic N) is 8. The van der Waals surface area contributed by atoms with Crippen LogP contribution in [0.2, 0.25) is 0 Å². The molecule has 0 unspecified atom stereocenters. The fourth-order valence-corrected chi connectivity index (χ4v) is 15.7. The lowest BCUT2D eigenvalue weighted by molar-refractivity contribution is 0.375. The fraction of sp³-hybridized carbons (Fsp3) is 0.174. The summed E-state index contributed by atoms with van der Waals surface area (Å²) in [5.74, 6) is 0. The Kier molecular flexibility index (Phi) is 14.6. The smallest absolute Gasteiger partial charge is 0.0998 e. The minimum Gasteiger partial charge on any atom is -0.307 e. The van der Waals surface area contributed by atoms with Crippen LogP contribution in [-0.2, 0) is 21.7 Å². The third kappa shape index (κ3) is 10.1. The summed E-state index contributed by atoms with van der Waals surface area (Å²) in [5.41, 5.74) is 21.3. The molecule has 0 amide bonds. The Morgan fingerprint density at radius 3 is 0.980 bits per heavy atom. The molecular formula is C92H74N8. The molecule has 0 atom stereocenters. The lowest BCUT2D eigenvalue weighted by atomic mass is 9.72. The maximum atomic E-state index is 11.3. The average molecular weight is 1290 g/mol. The van der Waals surface area contributed by atoms with Crippen LogP contribution in [0, 0.1) is 45.3 Å². The number of benzene rings is 12. The average Bonchev–Trinajstić information content (AvgIpc) is 1.56. The molecule has 0 saturated heterocycles. The second-order valence-electron chi connectivity index (χ2n) is 30.5. The van der Waals surface area contributed by atoms with Gasteiger partial charge in [0.1, 0.15) is 0 Å². The zero-order valence-electron chi connectivity index (χ0n) is 58.1. The molecule has 0 aliphatic rings. The van der Waals surface area contributed by atoms with Gasteiger partial charge in [-0.2, -0.15) is 21.0 Å². The van der Waals surface area contributed by atoms with Gasteiger partial charge in [0.05, 0.1) is 113 Å². The largest absolute Gasteiger partial charge is 0.307 e. The molecule has 12 aromatic carbocycles. The third-order valence-electron chi connectivity index (χ3n) is 21.4. The van der Waals surface area contributed by atoms with Crippen molar-refractivity contribution in [1.29, 1.82) is 21.0 Å². The summed E-state index contributed by atoms with van der Waals surface area (Å²) >= 11 is 0. The summed E-state index contributed by atoms with van der Waals surface area (Å²) in [5, 5.41) is 51.8. The topological polar surface area (TPSA) is 115 Å². The molecule has 0 fully saturated rings. The zero-order chi connectivity index (χ0) is 69.3. The maximum Gasteiger partial charge on any atom is 0.0998 e. The van der Waals surface area contributed by atoms with E-state index in [1.54, 1.807) is 6.07 Å². The molecule has 100 heavy (non-hydrogen) atoms. The van der Waals surface area contributed by atoms with Gasteiger partial charge in [-0.15, -0.1) is 0 Å². The lowest BCUT2D eigenvalue weighted by Crippen LogP contribution is -2.24. The number of hydrogen-bond acceptors (Lipinski definition) is 4. The zero-order valence-corrected chi connectivity index (χ0v) is 58.1. The van der Waals surface area contributed by atoms with Crippen molar-refractivity contribution in [2.75, 3.05) is 0 Å². The molecule has 4 heterocycles. The Morgan fingerprint density at radius 2 is 0.570 bits per heavy atom. The van der Waals surface area contributed by atoms with Crippen LogP contribution in [0.1, 0.15) is 127 Å². The molecular weight excluding hydrogens is 1220 g/mol. The summed E-state index contributed by atoms with van der Waals surface area (Å²) in [6, 6.07) is 95.8. The molecule has 482 valence electrons. The Labute approximate surface area is 583 Å². The minimum atomic E-state index is -0.295. The second kappa shape index (κ2) is 23.2. The molecule has 0 bridgehead atoms. The predicted molar refractivity (Wildman–Crippen MR) is 413 cm³/mol. The van der Waals surface area contributed by atoms with Crippen molar-refractivity contribution >= 4 is 87.2 Å². The third-order valence-corrected chi connectivity index (χ3v) is 21.4. The molecule has 8 heteroatoms. The van der Waals surface area contributed by atoms with Crippen molar-refractivity contribution in [3.05, 3.63) is 287 Å². The highest BCUT2D eigenvalue weighted by Crippen LogP contribution is 2.47. The molecule has 8 nitrogen and oxygen atoms in total. The van der Waals surface area contributed by atoms with Gasteiger partial charge in [0.15, 0.2) is 0 Å². The van der Waals surface area contributed by atoms with Gasteiger partial charge in [-0.25, -0.2) is 0 Å². The summed E-state index contributed by atoms with van der Waals surface area (Å²) in [4.78, 5) is 0. The molecule has 0 spiro atoms. The molecule has 0 radical (unpaired) electrons. The van der Waals surface area contributed by atoms with E-state index in [4.69, 9.17) is 0 Å². The van der Waals surface area contributed by atoms with Gasteiger partial charge < -0.3 is 18.3 Å². The van der Waals surface area contributed by atoms with E-state index in [-0.39, 0.29) is 21.7 Å². The van der Waals surface area contributed by atoms with Crippen molar-refractivity contribution in [3.8, 4) is 69.3 Å². The Bertz CT molecular complexity index is 6300. The van der Waals surface area contributed by atoms with Crippen LogP contribution in [-0.4, -0.2) is 18.3 Å². The van der Waals surface area contributed by atoms with Crippen molar-refractivity contribution in [2.24, 2.45) is 0 Å². The van der Waals surface area contributed by atoms with Crippen LogP contribution in [0.25, 0.3) is 132 Å². The van der Waals surface area contributed by atoms with Gasteiger partial charge in [-0.05, 0) is 177 Å². The number of aromatic nitrogens is 4. The Balaban J connectivity index is 0.827. The first-order chi connectivity index (χ1) is 48.2. The van der Waals surface area contributed by atoms with Gasteiger partial charge in [0.25, 0.3) is 0 Å². The quantitative estimate of drug-likeness (QED) is 0.128. The number of nitriles is 4. The van der Waals surface area contributed by atoms with Crippen LogP contribution in [0.3, 0.4) is 0 Å². The van der Waals surface area contributed by atoms with Crippen molar-refractivity contribution in [1.82, 2.24) is 18.3 Å². The SMILES string of the molecule is CC(C)(C)c1ccc2c(c1)c1ccccc1n2-c1cc(C#N)c(-c2cccc(C#N)c2)cc1-n1c2ccccc2c2cc(C(C)(C)CCC(C)(C)c3ccc4c5ccccc5n(-c5cc(C#N)c(-c6cccc(C#N)c6)cc5-n5c6ccccc6c6ccc(C(C)(C)C)cc65)c4c3)ccc21.